The van der Waals surface area contributed by atoms with E-state index in [2.05, 4.69) is 40.9 Å². The zero-order valence-electron chi connectivity index (χ0n) is 42.1. The van der Waals surface area contributed by atoms with Gasteiger partial charge in [-0.2, -0.15) is 26.3 Å². The summed E-state index contributed by atoms with van der Waals surface area (Å²) in [5, 5.41) is 10.6. The van der Waals surface area contributed by atoms with Crippen molar-refractivity contribution in [3.63, 3.8) is 0 Å². The summed E-state index contributed by atoms with van der Waals surface area (Å²) < 4.78 is 83.1. The highest BCUT2D eigenvalue weighted by atomic mass is 35.5. The van der Waals surface area contributed by atoms with Crippen molar-refractivity contribution < 1.29 is 50.3 Å². The van der Waals surface area contributed by atoms with E-state index in [0.29, 0.717) is 50.9 Å². The number of esters is 1. The minimum atomic E-state index is -4.53. The fourth-order valence-electron chi connectivity index (χ4n) is 7.26. The van der Waals surface area contributed by atoms with Gasteiger partial charge in [-0.25, -0.2) is 19.7 Å². The van der Waals surface area contributed by atoms with Gasteiger partial charge in [0.05, 0.1) is 75.0 Å². The molecule has 0 saturated heterocycles. The smallest absolute Gasteiger partial charge is 0.416 e. The summed E-state index contributed by atoms with van der Waals surface area (Å²) in [6.45, 7) is 4.00. The molecule has 3 amide bonds. The molecule has 0 unspecified atom stereocenters. The number of hydrogen-bond donors (Lipinski definition) is 4. The lowest BCUT2D eigenvalue weighted by molar-refractivity contribution is -0.138. The van der Waals surface area contributed by atoms with E-state index < -0.39 is 29.4 Å². The van der Waals surface area contributed by atoms with Crippen LogP contribution in [0.2, 0.25) is 15.1 Å². The lowest BCUT2D eigenvalue weighted by Gasteiger charge is -2.10. The molecule has 14 nitrogen and oxygen atoms in total. The van der Waals surface area contributed by atoms with Crippen molar-refractivity contribution in [3.8, 4) is 33.6 Å². The van der Waals surface area contributed by atoms with Gasteiger partial charge in [-0.15, -0.1) is 11.3 Å². The number of halogens is 9. The van der Waals surface area contributed by atoms with Crippen LogP contribution in [-0.2, 0) is 26.7 Å². The second kappa shape index (κ2) is 29.5. The van der Waals surface area contributed by atoms with E-state index in [4.69, 9.17) is 45.3 Å². The molecule has 3 aromatic carbocycles. The van der Waals surface area contributed by atoms with E-state index in [-0.39, 0.29) is 74.8 Å². The zero-order chi connectivity index (χ0) is 57.0. The molecule has 0 spiro atoms. The Labute approximate surface area is 464 Å². The highest BCUT2D eigenvalue weighted by Gasteiger charge is 2.32. The third kappa shape index (κ3) is 18.2. The number of carbonyl (C=O) groups excluding carboxylic acids is 4. The molecule has 0 radical (unpaired) electrons. The van der Waals surface area contributed by atoms with Gasteiger partial charge in [0.15, 0.2) is 11.6 Å². The van der Waals surface area contributed by atoms with Gasteiger partial charge in [0.1, 0.15) is 16.4 Å². The Bertz CT molecular complexity index is 3000. The molecule has 78 heavy (non-hydrogen) atoms. The molecule has 7 rings (SSSR count). The molecular weight excluding hydrogens is 1110 g/mol. The van der Waals surface area contributed by atoms with Gasteiger partial charge < -0.3 is 26.4 Å². The largest absolute Gasteiger partial charge is 0.465 e. The number of ether oxygens (including phenoxy) is 1. The number of thiophene rings is 1. The number of rotatable bonds is 19. The van der Waals surface area contributed by atoms with Crippen LogP contribution in [0.5, 0.6) is 0 Å². The van der Waals surface area contributed by atoms with Gasteiger partial charge in [-0.1, -0.05) is 99.3 Å². The first-order valence-corrected chi connectivity index (χ1v) is 26.2. The molecule has 24 heteroatoms. The van der Waals surface area contributed by atoms with Gasteiger partial charge in [-0.3, -0.25) is 24.4 Å². The van der Waals surface area contributed by atoms with E-state index in [9.17, 15) is 45.5 Å². The lowest BCUT2D eigenvalue weighted by atomic mass is 10.1. The summed E-state index contributed by atoms with van der Waals surface area (Å²) in [7, 11) is 1.30. The zero-order valence-corrected chi connectivity index (χ0v) is 45.2. The second-order valence-corrected chi connectivity index (χ2v) is 18.8. The Hall–Kier alpha value is -7.20. The molecule has 0 aliphatic carbocycles. The maximum absolute atomic E-state index is 13.1. The number of unbranched alkanes of at least 4 members (excludes halogenated alkanes) is 7. The van der Waals surface area contributed by atoms with Gasteiger partial charge in [0, 0.05) is 46.7 Å². The maximum atomic E-state index is 13.1. The number of pyridine rings is 1. The summed E-state index contributed by atoms with van der Waals surface area (Å²) in [6.07, 6.45) is 5.01. The van der Waals surface area contributed by atoms with Crippen LogP contribution in [0.3, 0.4) is 0 Å². The van der Waals surface area contributed by atoms with Crippen LogP contribution in [0.4, 0.5) is 48.8 Å². The molecule has 0 aliphatic rings. The van der Waals surface area contributed by atoms with Crippen molar-refractivity contribution >= 4 is 92.3 Å². The van der Waals surface area contributed by atoms with Crippen LogP contribution in [0.15, 0.2) is 109 Å². The van der Waals surface area contributed by atoms with Crippen LogP contribution in [0, 0.1) is 0 Å². The normalized spacial score (nSPS) is 11.1. The quantitative estimate of drug-likeness (QED) is 0.0341. The number of nitrogens with one attached hydrogen (secondary N) is 3. The predicted molar refractivity (Wildman–Crippen MR) is 292 cm³/mol. The number of alkyl halides is 6. The number of anilines is 4. The molecule has 0 bridgehead atoms. The van der Waals surface area contributed by atoms with E-state index in [1.807, 2.05) is 13.8 Å². The first kappa shape index (κ1) is 61.7. The first-order valence-electron chi connectivity index (χ1n) is 24.2. The van der Waals surface area contributed by atoms with E-state index >= 15 is 0 Å². The molecule has 0 aliphatic heterocycles. The number of amides is 3. The Morgan fingerprint density at radius 1 is 0.564 bits per heavy atom. The molecule has 0 atom stereocenters. The fraction of sp³-hybridized carbons (Fsp3) is 0.278. The Morgan fingerprint density at radius 2 is 1.04 bits per heavy atom. The highest BCUT2D eigenvalue weighted by molar-refractivity contribution is 7.15. The number of benzene rings is 3. The van der Waals surface area contributed by atoms with Gasteiger partial charge in [-0.05, 0) is 73.5 Å². The number of nitrogen functional groups attached to an aromatic ring is 1. The second-order valence-electron chi connectivity index (χ2n) is 16.6. The SMILES string of the molecule is CC.COC(=O)c1c(-c2ccc(NC(=O)c3ccccc3Cl)nc2)csc1N.O=C(CCCCCCCCCCC(=O)Nc1cnc(-c2cc(C(F)(F)F)ccc2Cl)cn1)Nc1cnc(-c2cc(C(F)(F)F)ccc2Cl)cn1. The minimum Gasteiger partial charge on any atom is -0.465 e. The van der Waals surface area contributed by atoms with E-state index in [1.54, 1.807) is 48.0 Å². The average Bonchev–Trinajstić information content (AvgIpc) is 3.82. The first-order chi connectivity index (χ1) is 37.2. The van der Waals surface area contributed by atoms with Crippen LogP contribution in [-0.4, -0.2) is 55.7 Å². The number of carbonyl (C=O) groups is 4. The Morgan fingerprint density at radius 3 is 1.46 bits per heavy atom. The van der Waals surface area contributed by atoms with Crippen LogP contribution >= 0.6 is 46.1 Å². The summed E-state index contributed by atoms with van der Waals surface area (Å²) in [5.41, 5.74) is 6.60. The monoisotopic (exact) mass is 1160 g/mol. The number of aromatic nitrogens is 5. The molecule has 412 valence electrons. The van der Waals surface area contributed by atoms with Crippen molar-refractivity contribution in [2.24, 2.45) is 0 Å². The number of methoxy groups -OCH3 is 1. The molecule has 5 N–H and O–H groups in total. The predicted octanol–water partition coefficient (Wildman–Crippen LogP) is 15.5. The van der Waals surface area contributed by atoms with Gasteiger partial charge in [0.25, 0.3) is 5.91 Å². The fourth-order valence-corrected chi connectivity index (χ4v) is 8.72. The van der Waals surface area contributed by atoms with Crippen molar-refractivity contribution in [3.05, 3.63) is 146 Å². The van der Waals surface area contributed by atoms with Crippen LogP contribution in [0.25, 0.3) is 33.6 Å². The standard InChI is InChI=1S/C34H32Cl2F6N6O2.C18H14ClN3O3S.C2H6/c35-25-13-11-21(33(37,38)39)15-23(25)27-17-45-29(19-43-27)47-31(49)9-7-5-3-1-2-4-6-8-10-32(50)48-30-20-44-28(18-46-30)24-16-22(34(40,41)42)12-14-26(24)36;1-25-18(24)15-12(9-26-16(15)20)10-6-7-14(21-8-10)22-17(23)11-4-2-3-5-13(11)19;1-2/h11-20H,1-10H2,(H,45,47,49)(H,46,48,50);2-9H,20H2,1H3,(H,21,22,23);1-2H3. The summed E-state index contributed by atoms with van der Waals surface area (Å²) in [5.74, 6) is -0.627. The maximum Gasteiger partial charge on any atom is 0.416 e. The number of hydrogen-bond acceptors (Lipinski definition) is 12. The topological polar surface area (TPSA) is 204 Å². The number of nitrogens with zero attached hydrogens (tertiary/aromatic N) is 5. The van der Waals surface area contributed by atoms with E-state index in [0.717, 1.165) is 74.9 Å². The third-order valence-corrected chi connectivity index (χ3v) is 13.0. The molecule has 4 heterocycles. The van der Waals surface area contributed by atoms with E-state index in [1.165, 1.54) is 43.2 Å². The highest BCUT2D eigenvalue weighted by Crippen LogP contribution is 2.38. The molecular formula is C54H52Cl3F6N9O5S. The molecule has 0 fully saturated rings. The molecule has 4 aromatic heterocycles. The van der Waals surface area contributed by atoms with Crippen molar-refractivity contribution in [1.29, 1.82) is 0 Å². The van der Waals surface area contributed by atoms with Crippen LogP contribution < -0.4 is 21.7 Å². The van der Waals surface area contributed by atoms with Crippen molar-refractivity contribution in [2.75, 3.05) is 28.8 Å². The van der Waals surface area contributed by atoms with Crippen molar-refractivity contribution in [2.45, 2.75) is 90.4 Å². The van der Waals surface area contributed by atoms with Crippen molar-refractivity contribution in [1.82, 2.24) is 24.9 Å². The Balaban J connectivity index is 0.000000334. The summed E-state index contributed by atoms with van der Waals surface area (Å²) in [4.78, 5) is 69.3. The van der Waals surface area contributed by atoms with Gasteiger partial charge >= 0.3 is 18.3 Å². The Kier molecular flexibility index (Phi) is 23.3. The summed E-state index contributed by atoms with van der Waals surface area (Å²) >= 11 is 19.4. The summed E-state index contributed by atoms with van der Waals surface area (Å²) in [6, 6.07) is 16.0. The average molecular weight is 1160 g/mol. The van der Waals surface area contributed by atoms with Crippen LogP contribution in [0.1, 0.15) is 110 Å². The third-order valence-electron chi connectivity index (χ3n) is 11.2. The molecule has 0 saturated carbocycles. The number of nitrogens with two attached hydrogens (primary N) is 1. The minimum absolute atomic E-state index is 0.0837. The lowest BCUT2D eigenvalue weighted by Crippen LogP contribution is -2.13. The van der Waals surface area contributed by atoms with Gasteiger partial charge in [0.2, 0.25) is 11.8 Å². The molecule has 7 aromatic rings.